The molecular weight excluding hydrogens is 486 g/mol. The lowest BCUT2D eigenvalue weighted by atomic mass is 9.99. The van der Waals surface area contributed by atoms with Gasteiger partial charge in [0.1, 0.15) is 18.0 Å². The number of hydrogen-bond acceptors (Lipinski definition) is 5. The zero-order chi connectivity index (χ0) is 26.4. The zero-order valence-corrected chi connectivity index (χ0v) is 22.4. The number of nitrogens with one attached hydrogen (secondary N) is 1. The molecule has 1 saturated heterocycles. The number of anilines is 2. The number of carbonyl (C=O) groups excluding carboxylic acids is 1. The van der Waals surface area contributed by atoms with Crippen LogP contribution in [-0.4, -0.2) is 40.2 Å². The van der Waals surface area contributed by atoms with Crippen molar-refractivity contribution in [3.05, 3.63) is 84.4 Å². The van der Waals surface area contributed by atoms with Crippen LogP contribution in [0.1, 0.15) is 38.3 Å². The van der Waals surface area contributed by atoms with E-state index in [-0.39, 0.29) is 18.5 Å². The standard InChI is InChI=1S/C29H35N3O4S/c1-22-8-7-19-31(20-22)25-13-11-24(12-14-25)23(2)30-29(33)21-32(37(3,34)35)26-15-17-28(18-16-26)36-27-9-5-4-6-10-27/h4-6,9-18,22-23H,7-8,19-21H2,1-3H3,(H,30,33). The van der Waals surface area contributed by atoms with Gasteiger partial charge >= 0.3 is 0 Å². The van der Waals surface area contributed by atoms with E-state index in [0.717, 1.165) is 29.2 Å². The Morgan fingerprint density at radius 1 is 1.03 bits per heavy atom. The highest BCUT2D eigenvalue weighted by Gasteiger charge is 2.22. The maximum atomic E-state index is 12.9. The Kier molecular flexibility index (Phi) is 8.38. The lowest BCUT2D eigenvalue weighted by Gasteiger charge is -2.33. The van der Waals surface area contributed by atoms with Crippen LogP contribution in [0.2, 0.25) is 0 Å². The number of nitrogens with zero attached hydrogens (tertiary/aromatic N) is 2. The Labute approximate surface area is 220 Å². The molecule has 1 amide bonds. The number of rotatable bonds is 9. The fourth-order valence-corrected chi connectivity index (χ4v) is 5.46. The van der Waals surface area contributed by atoms with Gasteiger partial charge in [0, 0.05) is 18.8 Å². The third kappa shape index (κ3) is 7.26. The summed E-state index contributed by atoms with van der Waals surface area (Å²) in [6, 6.07) is 23.9. The normalized spacial score (nSPS) is 16.6. The molecule has 2 atom stereocenters. The minimum atomic E-state index is -3.68. The van der Waals surface area contributed by atoms with Crippen molar-refractivity contribution in [1.82, 2.24) is 5.32 Å². The molecule has 0 spiro atoms. The Balaban J connectivity index is 1.38. The first-order valence-electron chi connectivity index (χ1n) is 12.6. The lowest BCUT2D eigenvalue weighted by Crippen LogP contribution is -2.41. The number of amides is 1. The van der Waals surface area contributed by atoms with Gasteiger partial charge in [0.2, 0.25) is 15.9 Å². The molecule has 37 heavy (non-hydrogen) atoms. The van der Waals surface area contributed by atoms with E-state index in [9.17, 15) is 13.2 Å². The van der Waals surface area contributed by atoms with Crippen molar-refractivity contribution in [1.29, 1.82) is 0 Å². The quantitative estimate of drug-likeness (QED) is 0.410. The van der Waals surface area contributed by atoms with Crippen molar-refractivity contribution in [2.75, 3.05) is 35.1 Å². The predicted octanol–water partition coefficient (Wildman–Crippen LogP) is 5.36. The minimum Gasteiger partial charge on any atom is -0.457 e. The molecule has 3 aromatic rings. The maximum Gasteiger partial charge on any atom is 0.241 e. The van der Waals surface area contributed by atoms with E-state index in [1.54, 1.807) is 24.3 Å². The van der Waals surface area contributed by atoms with Crippen LogP contribution in [0.5, 0.6) is 11.5 Å². The van der Waals surface area contributed by atoms with E-state index >= 15 is 0 Å². The molecule has 0 aliphatic carbocycles. The highest BCUT2D eigenvalue weighted by atomic mass is 32.2. The van der Waals surface area contributed by atoms with Gasteiger partial charge in [0.05, 0.1) is 18.0 Å². The van der Waals surface area contributed by atoms with Gasteiger partial charge in [-0.1, -0.05) is 37.3 Å². The van der Waals surface area contributed by atoms with Gasteiger partial charge in [-0.15, -0.1) is 0 Å². The molecule has 0 aromatic heterocycles. The number of hydrogen-bond donors (Lipinski definition) is 1. The first-order chi connectivity index (χ1) is 17.7. The SMILES string of the molecule is CC1CCCN(c2ccc(C(C)NC(=O)CN(c3ccc(Oc4ccccc4)cc3)S(C)(=O)=O)cc2)C1. The molecule has 8 heteroatoms. The smallest absolute Gasteiger partial charge is 0.241 e. The Morgan fingerprint density at radius 2 is 1.68 bits per heavy atom. The van der Waals surface area contributed by atoms with Crippen molar-refractivity contribution in [2.45, 2.75) is 32.7 Å². The van der Waals surface area contributed by atoms with Crippen LogP contribution in [0.15, 0.2) is 78.9 Å². The molecule has 1 N–H and O–H groups in total. The largest absolute Gasteiger partial charge is 0.457 e. The summed E-state index contributed by atoms with van der Waals surface area (Å²) in [6.07, 6.45) is 3.57. The molecule has 0 saturated carbocycles. The van der Waals surface area contributed by atoms with Crippen LogP contribution in [0, 0.1) is 5.92 Å². The summed E-state index contributed by atoms with van der Waals surface area (Å²) >= 11 is 0. The highest BCUT2D eigenvalue weighted by molar-refractivity contribution is 7.92. The predicted molar refractivity (Wildman–Crippen MR) is 149 cm³/mol. The van der Waals surface area contributed by atoms with Gasteiger partial charge in [0.15, 0.2) is 0 Å². The maximum absolute atomic E-state index is 12.9. The van der Waals surface area contributed by atoms with Gasteiger partial charge in [-0.25, -0.2) is 8.42 Å². The van der Waals surface area contributed by atoms with Gasteiger partial charge in [0.25, 0.3) is 0 Å². The second kappa shape index (κ2) is 11.7. The van der Waals surface area contributed by atoms with Gasteiger partial charge in [-0.3, -0.25) is 9.10 Å². The third-order valence-electron chi connectivity index (χ3n) is 6.58. The molecule has 7 nitrogen and oxygen atoms in total. The molecule has 2 unspecified atom stereocenters. The van der Waals surface area contributed by atoms with Crippen LogP contribution >= 0.6 is 0 Å². The highest BCUT2D eigenvalue weighted by Crippen LogP contribution is 2.27. The summed E-state index contributed by atoms with van der Waals surface area (Å²) in [5, 5.41) is 2.94. The summed E-state index contributed by atoms with van der Waals surface area (Å²) in [6.45, 7) is 6.00. The lowest BCUT2D eigenvalue weighted by molar-refractivity contribution is -0.120. The van der Waals surface area contributed by atoms with Crippen molar-refractivity contribution in [2.24, 2.45) is 5.92 Å². The molecule has 4 rings (SSSR count). The minimum absolute atomic E-state index is 0.259. The van der Waals surface area contributed by atoms with E-state index in [1.807, 2.05) is 49.4 Å². The third-order valence-corrected chi connectivity index (χ3v) is 7.72. The molecule has 1 aliphatic rings. The van der Waals surface area contributed by atoms with Crippen molar-refractivity contribution in [3.63, 3.8) is 0 Å². The fraction of sp³-hybridized carbons (Fsp3) is 0.345. The summed E-state index contributed by atoms with van der Waals surface area (Å²) in [7, 11) is -3.68. The Bertz CT molecular complexity index is 1280. The van der Waals surface area contributed by atoms with Gasteiger partial charge < -0.3 is 15.0 Å². The van der Waals surface area contributed by atoms with Crippen LogP contribution < -0.4 is 19.3 Å². The number of sulfonamides is 1. The van der Waals surface area contributed by atoms with Crippen molar-refractivity contribution < 1.29 is 17.9 Å². The zero-order valence-electron chi connectivity index (χ0n) is 21.6. The van der Waals surface area contributed by atoms with E-state index in [1.165, 1.54) is 18.5 Å². The second-order valence-electron chi connectivity index (χ2n) is 9.75. The summed E-state index contributed by atoms with van der Waals surface area (Å²) in [5.41, 5.74) is 2.55. The van der Waals surface area contributed by atoms with E-state index in [2.05, 4.69) is 29.3 Å². The monoisotopic (exact) mass is 521 g/mol. The van der Waals surface area contributed by atoms with E-state index in [0.29, 0.717) is 23.1 Å². The van der Waals surface area contributed by atoms with Crippen LogP contribution in [-0.2, 0) is 14.8 Å². The Hall–Kier alpha value is -3.52. The van der Waals surface area contributed by atoms with Gasteiger partial charge in [-0.2, -0.15) is 0 Å². The second-order valence-corrected chi connectivity index (χ2v) is 11.7. The number of ether oxygens (including phenoxy) is 1. The molecular formula is C29H35N3O4S. The average Bonchev–Trinajstić information content (AvgIpc) is 2.88. The van der Waals surface area contributed by atoms with Crippen molar-refractivity contribution >= 4 is 27.3 Å². The Morgan fingerprint density at radius 3 is 2.30 bits per heavy atom. The molecule has 0 bridgehead atoms. The van der Waals surface area contributed by atoms with E-state index < -0.39 is 10.0 Å². The molecule has 3 aromatic carbocycles. The summed E-state index contributed by atoms with van der Waals surface area (Å²) in [5.74, 6) is 1.57. The molecule has 1 aliphatic heterocycles. The van der Waals surface area contributed by atoms with E-state index in [4.69, 9.17) is 4.74 Å². The first-order valence-corrected chi connectivity index (χ1v) is 14.5. The molecule has 1 heterocycles. The van der Waals surface area contributed by atoms with Gasteiger partial charge in [-0.05, 0) is 79.8 Å². The number of piperidine rings is 1. The average molecular weight is 522 g/mol. The summed E-state index contributed by atoms with van der Waals surface area (Å²) < 4.78 is 31.9. The first kappa shape index (κ1) is 26.5. The van der Waals surface area contributed by atoms with Crippen LogP contribution in [0.4, 0.5) is 11.4 Å². The van der Waals surface area contributed by atoms with Crippen molar-refractivity contribution in [3.8, 4) is 11.5 Å². The number of para-hydroxylation sites is 1. The molecule has 1 fully saturated rings. The molecule has 196 valence electrons. The number of carbonyl (C=O) groups is 1. The summed E-state index contributed by atoms with van der Waals surface area (Å²) in [4.78, 5) is 15.3. The fourth-order valence-electron chi connectivity index (χ4n) is 4.60. The topological polar surface area (TPSA) is 79.0 Å². The molecule has 0 radical (unpaired) electrons. The van der Waals surface area contributed by atoms with Crippen LogP contribution in [0.3, 0.4) is 0 Å². The van der Waals surface area contributed by atoms with Crippen LogP contribution in [0.25, 0.3) is 0 Å². The number of benzene rings is 3.